The summed E-state index contributed by atoms with van der Waals surface area (Å²) in [5.41, 5.74) is 2.69. The summed E-state index contributed by atoms with van der Waals surface area (Å²) in [5, 5.41) is 13.4. The third kappa shape index (κ3) is 2.95. The third-order valence-corrected chi connectivity index (χ3v) is 4.58. The van der Waals surface area contributed by atoms with Crippen molar-refractivity contribution >= 4 is 17.7 Å². The Kier molecular flexibility index (Phi) is 4.21. The van der Waals surface area contributed by atoms with Crippen molar-refractivity contribution in [2.45, 2.75) is 58.5 Å². The average Bonchev–Trinajstić information content (AvgIpc) is 3.24. The molecule has 24 heavy (non-hydrogen) atoms. The Morgan fingerprint density at radius 3 is 2.75 bits per heavy atom. The topological polar surface area (TPSA) is 101 Å². The van der Waals surface area contributed by atoms with E-state index in [-0.39, 0.29) is 18.4 Å². The second kappa shape index (κ2) is 6.18. The zero-order valence-corrected chi connectivity index (χ0v) is 14.1. The summed E-state index contributed by atoms with van der Waals surface area (Å²) in [6.07, 6.45) is 3.99. The highest BCUT2D eigenvalue weighted by Crippen LogP contribution is 2.29. The highest BCUT2D eigenvalue weighted by atomic mass is 16.4. The fourth-order valence-corrected chi connectivity index (χ4v) is 3.09. The van der Waals surface area contributed by atoms with Crippen molar-refractivity contribution in [3.05, 3.63) is 23.3 Å². The molecule has 1 N–H and O–H groups in total. The number of hydrogen-bond acceptors (Lipinski definition) is 5. The summed E-state index contributed by atoms with van der Waals surface area (Å²) in [4.78, 5) is 33.8. The normalized spacial score (nSPS) is 15.5. The fourth-order valence-electron chi connectivity index (χ4n) is 3.09. The largest absolute Gasteiger partial charge is 0.480 e. The predicted molar refractivity (Wildman–Crippen MR) is 85.5 cm³/mol. The van der Waals surface area contributed by atoms with Crippen LogP contribution in [-0.4, -0.2) is 53.5 Å². The maximum absolute atomic E-state index is 12.6. The third-order valence-electron chi connectivity index (χ3n) is 4.58. The maximum atomic E-state index is 12.6. The highest BCUT2D eigenvalue weighted by Gasteiger charge is 2.38. The molecule has 2 aromatic rings. The molecule has 0 spiro atoms. The molecular weight excluding hydrogens is 310 g/mol. The Labute approximate surface area is 139 Å². The van der Waals surface area contributed by atoms with E-state index in [1.165, 1.54) is 11.2 Å². The molecule has 0 radical (unpaired) electrons. The van der Waals surface area contributed by atoms with Gasteiger partial charge in [0, 0.05) is 23.9 Å². The molecule has 1 aliphatic carbocycles. The van der Waals surface area contributed by atoms with Crippen molar-refractivity contribution in [3.63, 3.8) is 0 Å². The number of aliphatic carboxylic acids is 1. The highest BCUT2D eigenvalue weighted by molar-refractivity contribution is 5.84. The van der Waals surface area contributed by atoms with Gasteiger partial charge in [0.1, 0.15) is 12.4 Å². The lowest BCUT2D eigenvalue weighted by Gasteiger charge is -2.26. The van der Waals surface area contributed by atoms with Crippen molar-refractivity contribution in [1.82, 2.24) is 24.5 Å². The van der Waals surface area contributed by atoms with Gasteiger partial charge in [-0.3, -0.25) is 4.79 Å². The number of carboxylic acids is 1. The molecule has 1 atom stereocenters. The van der Waals surface area contributed by atoms with Crippen LogP contribution in [0.4, 0.5) is 0 Å². The van der Waals surface area contributed by atoms with Gasteiger partial charge in [-0.25, -0.2) is 14.3 Å². The van der Waals surface area contributed by atoms with Crippen molar-refractivity contribution in [1.29, 1.82) is 0 Å². The lowest BCUT2D eigenvalue weighted by molar-refractivity contribution is -0.150. The molecule has 1 saturated carbocycles. The van der Waals surface area contributed by atoms with Gasteiger partial charge in [0.2, 0.25) is 5.91 Å². The molecule has 128 valence electrons. The summed E-state index contributed by atoms with van der Waals surface area (Å²) in [7, 11) is 0. The minimum absolute atomic E-state index is 0.0710. The number of carbonyl (C=O) groups is 2. The molecule has 1 unspecified atom stereocenters. The van der Waals surface area contributed by atoms with E-state index in [9.17, 15) is 14.7 Å². The van der Waals surface area contributed by atoms with Gasteiger partial charge < -0.3 is 10.0 Å². The van der Waals surface area contributed by atoms with E-state index in [1.807, 2.05) is 13.8 Å². The van der Waals surface area contributed by atoms with Gasteiger partial charge >= 0.3 is 5.97 Å². The van der Waals surface area contributed by atoms with E-state index in [2.05, 4.69) is 15.1 Å². The Morgan fingerprint density at radius 2 is 2.12 bits per heavy atom. The molecule has 1 aliphatic rings. The van der Waals surface area contributed by atoms with E-state index in [1.54, 1.807) is 11.4 Å². The molecule has 8 nitrogen and oxygen atoms in total. The number of rotatable bonds is 6. The van der Waals surface area contributed by atoms with E-state index in [0.29, 0.717) is 12.2 Å². The van der Waals surface area contributed by atoms with Gasteiger partial charge in [-0.1, -0.05) is 0 Å². The number of amides is 1. The van der Waals surface area contributed by atoms with Crippen molar-refractivity contribution in [3.8, 4) is 0 Å². The van der Waals surface area contributed by atoms with Gasteiger partial charge in [-0.05, 0) is 45.6 Å². The van der Waals surface area contributed by atoms with Crippen LogP contribution in [0.25, 0.3) is 5.78 Å². The molecule has 0 saturated heterocycles. The second-order valence-corrected chi connectivity index (χ2v) is 6.28. The standard InChI is InChI=1S/C16H21N5O3/c1-9-13(10(2)21-16(19-9)17-8-18-21)6-7-14(22)20(12-4-5-12)11(3)15(23)24/h8,11-12H,4-7H2,1-3H3,(H,23,24). The van der Waals surface area contributed by atoms with Crippen LogP contribution >= 0.6 is 0 Å². The minimum atomic E-state index is -0.965. The van der Waals surface area contributed by atoms with E-state index in [0.717, 1.165) is 29.8 Å². The molecule has 0 aromatic carbocycles. The monoisotopic (exact) mass is 331 g/mol. The van der Waals surface area contributed by atoms with Crippen LogP contribution in [0.15, 0.2) is 6.33 Å². The summed E-state index contributed by atoms with van der Waals surface area (Å²) < 4.78 is 1.66. The number of carboxylic acid groups (broad SMARTS) is 1. The van der Waals surface area contributed by atoms with E-state index < -0.39 is 12.0 Å². The lowest BCUT2D eigenvalue weighted by Crippen LogP contribution is -2.44. The van der Waals surface area contributed by atoms with E-state index >= 15 is 0 Å². The number of hydrogen-bond donors (Lipinski definition) is 1. The van der Waals surface area contributed by atoms with Gasteiger partial charge in [0.15, 0.2) is 0 Å². The molecule has 0 aliphatic heterocycles. The Balaban J connectivity index is 1.77. The summed E-state index contributed by atoms with van der Waals surface area (Å²) in [6, 6.07) is -0.718. The molecule has 8 heteroatoms. The van der Waals surface area contributed by atoms with Crippen LogP contribution in [0.5, 0.6) is 0 Å². The SMILES string of the molecule is Cc1nc2ncnn2c(C)c1CCC(=O)N(C1CC1)C(C)C(=O)O. The molecule has 1 amide bonds. The number of fused-ring (bicyclic) bond motifs is 1. The maximum Gasteiger partial charge on any atom is 0.326 e. The first kappa shape index (κ1) is 16.4. The first-order valence-corrected chi connectivity index (χ1v) is 8.10. The molecule has 3 rings (SSSR count). The first-order chi connectivity index (χ1) is 11.4. The molecule has 2 heterocycles. The summed E-state index contributed by atoms with van der Waals surface area (Å²) in [5.74, 6) is -0.544. The summed E-state index contributed by atoms with van der Waals surface area (Å²) in [6.45, 7) is 5.38. The van der Waals surface area contributed by atoms with Crippen LogP contribution in [0.3, 0.4) is 0 Å². The number of aromatic nitrogens is 4. The van der Waals surface area contributed by atoms with Crippen LogP contribution in [0.2, 0.25) is 0 Å². The Bertz CT molecular complexity index is 796. The second-order valence-electron chi connectivity index (χ2n) is 6.28. The smallest absolute Gasteiger partial charge is 0.326 e. The Hall–Kier alpha value is -2.51. The Morgan fingerprint density at radius 1 is 1.42 bits per heavy atom. The average molecular weight is 331 g/mol. The zero-order chi connectivity index (χ0) is 17.4. The van der Waals surface area contributed by atoms with E-state index in [4.69, 9.17) is 0 Å². The quantitative estimate of drug-likeness (QED) is 0.852. The van der Waals surface area contributed by atoms with Gasteiger partial charge in [0.05, 0.1) is 0 Å². The molecule has 2 aromatic heterocycles. The summed E-state index contributed by atoms with van der Waals surface area (Å²) >= 11 is 0. The van der Waals surface area contributed by atoms with Crippen molar-refractivity contribution in [2.24, 2.45) is 0 Å². The van der Waals surface area contributed by atoms with Gasteiger partial charge in [0.25, 0.3) is 5.78 Å². The lowest BCUT2D eigenvalue weighted by atomic mass is 10.1. The van der Waals surface area contributed by atoms with Crippen molar-refractivity contribution in [2.75, 3.05) is 0 Å². The van der Waals surface area contributed by atoms with Crippen LogP contribution in [0, 0.1) is 13.8 Å². The molecular formula is C16H21N5O3. The molecule has 1 fully saturated rings. The number of aryl methyl sites for hydroxylation is 2. The fraction of sp³-hybridized carbons (Fsp3) is 0.562. The number of carbonyl (C=O) groups excluding carboxylic acids is 1. The van der Waals surface area contributed by atoms with Crippen LogP contribution < -0.4 is 0 Å². The van der Waals surface area contributed by atoms with Crippen LogP contribution in [0.1, 0.15) is 43.1 Å². The number of nitrogens with zero attached hydrogens (tertiary/aromatic N) is 5. The van der Waals surface area contributed by atoms with Crippen LogP contribution in [-0.2, 0) is 16.0 Å². The minimum Gasteiger partial charge on any atom is -0.480 e. The first-order valence-electron chi connectivity index (χ1n) is 8.10. The molecule has 0 bridgehead atoms. The van der Waals surface area contributed by atoms with Gasteiger partial charge in [-0.2, -0.15) is 10.1 Å². The predicted octanol–water partition coefficient (Wildman–Crippen LogP) is 1.14. The van der Waals surface area contributed by atoms with Crippen molar-refractivity contribution < 1.29 is 14.7 Å². The zero-order valence-electron chi connectivity index (χ0n) is 14.1. The van der Waals surface area contributed by atoms with Gasteiger partial charge in [-0.15, -0.1) is 0 Å².